The maximum Gasteiger partial charge on any atom is 0.226 e. The lowest BCUT2D eigenvalue weighted by Crippen LogP contribution is -2.53. The van der Waals surface area contributed by atoms with E-state index in [0.717, 1.165) is 44.9 Å². The summed E-state index contributed by atoms with van der Waals surface area (Å²) >= 11 is 0. The standard InChI is InChI=1S/C14H25NO2/c1-2-13(7-3-4-8-13)12(17)15-14(11-16)9-5-6-10-14/h16H,2-11H2,1H3,(H,15,17). The van der Waals surface area contributed by atoms with Crippen LogP contribution in [0.3, 0.4) is 0 Å². The summed E-state index contributed by atoms with van der Waals surface area (Å²) in [6.07, 6.45) is 9.46. The Morgan fingerprint density at radius 1 is 1.12 bits per heavy atom. The van der Waals surface area contributed by atoms with Gasteiger partial charge in [0, 0.05) is 5.41 Å². The van der Waals surface area contributed by atoms with E-state index >= 15 is 0 Å². The molecule has 0 bridgehead atoms. The number of rotatable bonds is 4. The number of carbonyl (C=O) groups excluding carboxylic acids is 1. The first-order chi connectivity index (χ1) is 8.16. The van der Waals surface area contributed by atoms with Gasteiger partial charge in [0.05, 0.1) is 12.1 Å². The fraction of sp³-hybridized carbons (Fsp3) is 0.929. The number of nitrogens with one attached hydrogen (secondary N) is 1. The number of carbonyl (C=O) groups is 1. The molecule has 17 heavy (non-hydrogen) atoms. The number of amides is 1. The monoisotopic (exact) mass is 239 g/mol. The van der Waals surface area contributed by atoms with Crippen LogP contribution in [0, 0.1) is 5.41 Å². The minimum Gasteiger partial charge on any atom is -0.394 e. The second-order valence-corrected chi connectivity index (χ2v) is 5.94. The third kappa shape index (κ3) is 2.35. The van der Waals surface area contributed by atoms with E-state index in [1.165, 1.54) is 12.8 Å². The molecule has 0 atom stereocenters. The smallest absolute Gasteiger partial charge is 0.226 e. The number of aliphatic hydroxyl groups is 1. The zero-order valence-electron chi connectivity index (χ0n) is 10.9. The van der Waals surface area contributed by atoms with Crippen molar-refractivity contribution in [3.8, 4) is 0 Å². The summed E-state index contributed by atoms with van der Waals surface area (Å²) in [5, 5.41) is 12.7. The number of aliphatic hydroxyl groups excluding tert-OH is 1. The average Bonchev–Trinajstić information content (AvgIpc) is 2.98. The molecule has 3 nitrogen and oxygen atoms in total. The molecule has 2 saturated carbocycles. The van der Waals surface area contributed by atoms with Crippen molar-refractivity contribution in [2.75, 3.05) is 6.61 Å². The van der Waals surface area contributed by atoms with Crippen LogP contribution in [-0.2, 0) is 4.79 Å². The third-order valence-electron chi connectivity index (χ3n) is 4.96. The molecule has 0 saturated heterocycles. The molecule has 0 aromatic heterocycles. The van der Waals surface area contributed by atoms with Crippen LogP contribution in [0.4, 0.5) is 0 Å². The second kappa shape index (κ2) is 4.97. The van der Waals surface area contributed by atoms with Gasteiger partial charge in [0.15, 0.2) is 0 Å². The molecule has 2 rings (SSSR count). The van der Waals surface area contributed by atoms with Crippen molar-refractivity contribution in [1.29, 1.82) is 0 Å². The summed E-state index contributed by atoms with van der Waals surface area (Å²) in [5.74, 6) is 0.202. The fourth-order valence-electron chi connectivity index (χ4n) is 3.54. The molecule has 3 heteroatoms. The van der Waals surface area contributed by atoms with Crippen LogP contribution in [0.2, 0.25) is 0 Å². The lowest BCUT2D eigenvalue weighted by molar-refractivity contribution is -0.133. The Morgan fingerprint density at radius 3 is 2.12 bits per heavy atom. The highest BCUT2D eigenvalue weighted by atomic mass is 16.3. The molecule has 0 radical (unpaired) electrons. The van der Waals surface area contributed by atoms with Gasteiger partial charge in [-0.2, -0.15) is 0 Å². The predicted molar refractivity (Wildman–Crippen MR) is 67.6 cm³/mol. The summed E-state index contributed by atoms with van der Waals surface area (Å²) in [5.41, 5.74) is -0.438. The second-order valence-electron chi connectivity index (χ2n) is 5.94. The summed E-state index contributed by atoms with van der Waals surface area (Å²) in [7, 11) is 0. The van der Waals surface area contributed by atoms with Gasteiger partial charge in [-0.05, 0) is 32.1 Å². The van der Waals surface area contributed by atoms with Crippen LogP contribution in [0.15, 0.2) is 0 Å². The Hall–Kier alpha value is -0.570. The minimum atomic E-state index is -0.304. The lowest BCUT2D eigenvalue weighted by Gasteiger charge is -2.34. The van der Waals surface area contributed by atoms with Gasteiger partial charge in [-0.15, -0.1) is 0 Å². The maximum absolute atomic E-state index is 12.5. The third-order valence-corrected chi connectivity index (χ3v) is 4.96. The molecule has 0 aromatic rings. The molecular formula is C14H25NO2. The van der Waals surface area contributed by atoms with Gasteiger partial charge < -0.3 is 10.4 Å². The Bertz CT molecular complexity index is 276. The molecule has 0 spiro atoms. The number of hydrogen-bond donors (Lipinski definition) is 2. The Balaban J connectivity index is 2.04. The molecule has 0 heterocycles. The van der Waals surface area contributed by atoms with Crippen LogP contribution in [-0.4, -0.2) is 23.2 Å². The van der Waals surface area contributed by atoms with Crippen molar-refractivity contribution in [2.24, 2.45) is 5.41 Å². The molecule has 0 aromatic carbocycles. The highest BCUT2D eigenvalue weighted by Crippen LogP contribution is 2.42. The van der Waals surface area contributed by atoms with E-state index in [2.05, 4.69) is 12.2 Å². The highest BCUT2D eigenvalue weighted by Gasteiger charge is 2.43. The van der Waals surface area contributed by atoms with Crippen LogP contribution < -0.4 is 5.32 Å². The first-order valence-electron chi connectivity index (χ1n) is 7.10. The molecule has 0 unspecified atom stereocenters. The highest BCUT2D eigenvalue weighted by molar-refractivity contribution is 5.83. The van der Waals surface area contributed by atoms with Crippen molar-refractivity contribution in [3.05, 3.63) is 0 Å². The molecule has 0 aliphatic heterocycles. The van der Waals surface area contributed by atoms with E-state index in [4.69, 9.17) is 0 Å². The van der Waals surface area contributed by atoms with Gasteiger partial charge in [0.1, 0.15) is 0 Å². The fourth-order valence-corrected chi connectivity index (χ4v) is 3.54. The van der Waals surface area contributed by atoms with E-state index in [1.807, 2.05) is 0 Å². The normalized spacial score (nSPS) is 26.0. The van der Waals surface area contributed by atoms with Gasteiger partial charge in [0.2, 0.25) is 5.91 Å². The number of hydrogen-bond acceptors (Lipinski definition) is 2. The zero-order chi connectivity index (χ0) is 12.4. The topological polar surface area (TPSA) is 49.3 Å². The van der Waals surface area contributed by atoms with Crippen LogP contribution in [0.25, 0.3) is 0 Å². The SMILES string of the molecule is CCC1(C(=O)NC2(CO)CCCC2)CCCC1. The van der Waals surface area contributed by atoms with Crippen molar-refractivity contribution in [3.63, 3.8) is 0 Å². The Morgan fingerprint density at radius 2 is 1.65 bits per heavy atom. The predicted octanol–water partition coefficient (Wildman–Crippen LogP) is 2.38. The zero-order valence-corrected chi connectivity index (χ0v) is 10.9. The van der Waals surface area contributed by atoms with Crippen LogP contribution in [0.1, 0.15) is 64.7 Å². The average molecular weight is 239 g/mol. The van der Waals surface area contributed by atoms with Gasteiger partial charge in [-0.3, -0.25) is 4.79 Å². The van der Waals surface area contributed by atoms with Crippen molar-refractivity contribution in [2.45, 2.75) is 70.3 Å². The van der Waals surface area contributed by atoms with Crippen LogP contribution in [0.5, 0.6) is 0 Å². The minimum absolute atomic E-state index is 0.0958. The molecule has 98 valence electrons. The summed E-state index contributed by atoms with van der Waals surface area (Å²) < 4.78 is 0. The lowest BCUT2D eigenvalue weighted by atomic mass is 9.81. The van der Waals surface area contributed by atoms with E-state index in [1.54, 1.807) is 0 Å². The molecule has 2 aliphatic rings. The van der Waals surface area contributed by atoms with Crippen LogP contribution >= 0.6 is 0 Å². The first-order valence-corrected chi connectivity index (χ1v) is 7.10. The Labute approximate surface area is 104 Å². The van der Waals surface area contributed by atoms with E-state index in [-0.39, 0.29) is 23.5 Å². The quantitative estimate of drug-likeness (QED) is 0.791. The summed E-state index contributed by atoms with van der Waals surface area (Å²) in [4.78, 5) is 12.5. The van der Waals surface area contributed by atoms with Gasteiger partial charge in [-0.1, -0.05) is 32.6 Å². The maximum atomic E-state index is 12.5. The summed E-state index contributed by atoms with van der Waals surface area (Å²) in [6.45, 7) is 2.21. The van der Waals surface area contributed by atoms with Crippen molar-refractivity contribution >= 4 is 5.91 Å². The molecule has 2 fully saturated rings. The van der Waals surface area contributed by atoms with E-state index in [9.17, 15) is 9.90 Å². The van der Waals surface area contributed by atoms with Gasteiger partial charge in [0.25, 0.3) is 0 Å². The Kier molecular flexibility index (Phi) is 3.76. The largest absolute Gasteiger partial charge is 0.394 e. The molecule has 2 N–H and O–H groups in total. The van der Waals surface area contributed by atoms with Crippen molar-refractivity contribution < 1.29 is 9.90 Å². The first kappa shape index (κ1) is 12.9. The molecule has 2 aliphatic carbocycles. The van der Waals surface area contributed by atoms with Gasteiger partial charge >= 0.3 is 0 Å². The molecular weight excluding hydrogens is 214 g/mol. The summed E-state index contributed by atoms with van der Waals surface area (Å²) in [6, 6.07) is 0. The van der Waals surface area contributed by atoms with E-state index < -0.39 is 0 Å². The molecule has 1 amide bonds. The van der Waals surface area contributed by atoms with E-state index in [0.29, 0.717) is 0 Å². The van der Waals surface area contributed by atoms with Gasteiger partial charge in [-0.25, -0.2) is 0 Å². The van der Waals surface area contributed by atoms with Crippen molar-refractivity contribution in [1.82, 2.24) is 5.32 Å².